The molecule has 4 aliphatic rings. The van der Waals surface area contributed by atoms with Gasteiger partial charge in [-0.25, -0.2) is 14.5 Å². The van der Waals surface area contributed by atoms with Gasteiger partial charge in [-0.3, -0.25) is 19.3 Å². The van der Waals surface area contributed by atoms with Crippen molar-refractivity contribution in [3.63, 3.8) is 0 Å². The Kier molecular flexibility index (Phi) is 12.2. The Balaban J connectivity index is 1.43. The molecule has 13 nitrogen and oxygen atoms in total. The van der Waals surface area contributed by atoms with Gasteiger partial charge in [0, 0.05) is 5.56 Å². The highest BCUT2D eigenvalue weighted by molar-refractivity contribution is 6.25. The van der Waals surface area contributed by atoms with Gasteiger partial charge in [-0.1, -0.05) is 105 Å². The molecule has 2 saturated heterocycles. The van der Waals surface area contributed by atoms with Crippen molar-refractivity contribution in [2.45, 2.75) is 75.2 Å². The number of ether oxygens (including phenoxy) is 3. The summed E-state index contributed by atoms with van der Waals surface area (Å²) >= 11 is 0. The minimum Gasteiger partial charge on any atom is -0.491 e. The number of nitrogens with two attached hydrogens (primary N) is 1. The number of amides is 4. The fraction of sp³-hybridized carbons (Fsp3) is 0.340. The molecule has 0 saturated carbocycles. The SMILES string of the molecule is COC(=O)[C@@H](NC(=O)N1C(=O)[C@@]2(c3cc(C#CC4=CCCCC4)ccc31)[C@H](c1cccc(OCCO)c1)N1[C@H](c3ccccc3)[C@H](c3ccccc3)OC(=O)[C@H]1[C@@H]2C(N)=O)C(C)C. The van der Waals surface area contributed by atoms with E-state index in [1.54, 1.807) is 56.3 Å². The number of nitrogens with one attached hydrogen (secondary N) is 1. The molecule has 4 N–H and O–H groups in total. The summed E-state index contributed by atoms with van der Waals surface area (Å²) in [6.07, 6.45) is 5.03. The molecule has 1 spiro atoms. The smallest absolute Gasteiger partial charge is 0.329 e. The highest BCUT2D eigenvalue weighted by Crippen LogP contribution is 2.66. The number of methoxy groups -OCH3 is 1. The number of urea groups is 1. The van der Waals surface area contributed by atoms with Crippen molar-refractivity contribution in [2.75, 3.05) is 25.2 Å². The lowest BCUT2D eigenvalue weighted by atomic mass is 9.65. The number of anilines is 1. The summed E-state index contributed by atoms with van der Waals surface area (Å²) < 4.78 is 17.4. The Labute approximate surface area is 366 Å². The van der Waals surface area contributed by atoms with Crippen LogP contribution in [0, 0.1) is 23.7 Å². The summed E-state index contributed by atoms with van der Waals surface area (Å²) in [4.78, 5) is 76.3. The molecule has 0 unspecified atom stereocenters. The van der Waals surface area contributed by atoms with E-state index in [0.717, 1.165) is 41.7 Å². The summed E-state index contributed by atoms with van der Waals surface area (Å²) in [5, 5.41) is 12.4. The first-order chi connectivity index (χ1) is 30.5. The van der Waals surface area contributed by atoms with Crippen molar-refractivity contribution in [1.29, 1.82) is 0 Å². The molecular formula is C50H50N4O9. The molecular weight excluding hydrogens is 801 g/mol. The van der Waals surface area contributed by atoms with Crippen LogP contribution in [0.5, 0.6) is 5.75 Å². The van der Waals surface area contributed by atoms with E-state index < -0.39 is 77.3 Å². The van der Waals surface area contributed by atoms with E-state index in [1.807, 2.05) is 65.6 Å². The zero-order chi connectivity index (χ0) is 44.4. The zero-order valence-electron chi connectivity index (χ0n) is 35.4. The second kappa shape index (κ2) is 17.9. The molecule has 324 valence electrons. The number of carbonyl (C=O) groups is 5. The predicted molar refractivity (Wildman–Crippen MR) is 233 cm³/mol. The van der Waals surface area contributed by atoms with Crippen LogP contribution in [0.4, 0.5) is 10.5 Å². The van der Waals surface area contributed by atoms with Crippen LogP contribution in [0.2, 0.25) is 0 Å². The normalized spacial score (nSPS) is 24.4. The van der Waals surface area contributed by atoms with E-state index in [2.05, 4.69) is 23.2 Å². The number of cyclic esters (lactones) is 1. The van der Waals surface area contributed by atoms with Crippen LogP contribution < -0.4 is 20.7 Å². The number of nitrogens with zero attached hydrogens (tertiary/aromatic N) is 2. The van der Waals surface area contributed by atoms with Crippen molar-refractivity contribution in [1.82, 2.24) is 10.2 Å². The van der Waals surface area contributed by atoms with Gasteiger partial charge in [0.2, 0.25) is 11.8 Å². The molecule has 4 amide bonds. The molecule has 2 fully saturated rings. The highest BCUT2D eigenvalue weighted by Gasteiger charge is 2.75. The number of fused-ring (bicyclic) bond motifs is 3. The minimum absolute atomic E-state index is 0.0318. The number of morpholine rings is 1. The number of primary amides is 1. The molecule has 3 aliphatic heterocycles. The lowest BCUT2D eigenvalue weighted by molar-refractivity contribution is -0.178. The zero-order valence-corrected chi connectivity index (χ0v) is 35.4. The van der Waals surface area contributed by atoms with Crippen molar-refractivity contribution < 1.29 is 43.3 Å². The second-order valence-corrected chi connectivity index (χ2v) is 16.6. The monoisotopic (exact) mass is 850 g/mol. The number of benzene rings is 4. The molecule has 13 heteroatoms. The summed E-state index contributed by atoms with van der Waals surface area (Å²) in [6, 6.07) is 25.0. The van der Waals surface area contributed by atoms with E-state index in [1.165, 1.54) is 7.11 Å². The number of aliphatic hydroxyl groups is 1. The predicted octanol–water partition coefficient (Wildman–Crippen LogP) is 5.97. The molecule has 0 bridgehead atoms. The summed E-state index contributed by atoms with van der Waals surface area (Å²) in [5.74, 6) is 1.55. The highest BCUT2D eigenvalue weighted by atomic mass is 16.6. The van der Waals surface area contributed by atoms with E-state index in [-0.39, 0.29) is 24.5 Å². The minimum atomic E-state index is -2.09. The number of esters is 2. The number of rotatable bonds is 10. The number of carbonyl (C=O) groups excluding carboxylic acids is 5. The Hall–Kier alpha value is -6.75. The molecule has 7 atom stereocenters. The number of hydrogen-bond acceptors (Lipinski definition) is 10. The van der Waals surface area contributed by atoms with Crippen molar-refractivity contribution >= 4 is 35.5 Å². The third kappa shape index (κ3) is 7.63. The van der Waals surface area contributed by atoms with Crippen LogP contribution in [-0.2, 0) is 34.1 Å². The molecule has 3 heterocycles. The first-order valence-corrected chi connectivity index (χ1v) is 21.3. The van der Waals surface area contributed by atoms with E-state index in [4.69, 9.17) is 19.9 Å². The first kappa shape index (κ1) is 42.9. The maximum Gasteiger partial charge on any atom is 0.329 e. The van der Waals surface area contributed by atoms with Gasteiger partial charge in [-0.2, -0.15) is 0 Å². The maximum absolute atomic E-state index is 16.2. The van der Waals surface area contributed by atoms with Gasteiger partial charge in [0.05, 0.1) is 37.4 Å². The third-order valence-electron chi connectivity index (χ3n) is 12.6. The van der Waals surface area contributed by atoms with Crippen molar-refractivity contribution in [3.05, 3.63) is 143 Å². The van der Waals surface area contributed by atoms with Crippen LogP contribution in [0.25, 0.3) is 0 Å². The van der Waals surface area contributed by atoms with Gasteiger partial charge in [0.25, 0.3) is 0 Å². The van der Waals surface area contributed by atoms with Gasteiger partial charge >= 0.3 is 18.0 Å². The lowest BCUT2D eigenvalue weighted by Crippen LogP contribution is -2.57. The molecule has 0 radical (unpaired) electrons. The van der Waals surface area contributed by atoms with Crippen LogP contribution >= 0.6 is 0 Å². The van der Waals surface area contributed by atoms with Gasteiger partial charge in [-0.15, -0.1) is 0 Å². The second-order valence-electron chi connectivity index (χ2n) is 16.6. The molecule has 8 rings (SSSR count). The largest absolute Gasteiger partial charge is 0.491 e. The average molecular weight is 851 g/mol. The quantitative estimate of drug-likeness (QED) is 0.127. The number of hydrogen-bond donors (Lipinski definition) is 3. The lowest BCUT2D eigenvalue weighted by Gasteiger charge is -2.46. The Morgan fingerprint density at radius 2 is 1.62 bits per heavy atom. The van der Waals surface area contributed by atoms with Gasteiger partial charge < -0.3 is 30.4 Å². The van der Waals surface area contributed by atoms with Crippen LogP contribution in [0.15, 0.2) is 115 Å². The molecule has 4 aromatic rings. The van der Waals surface area contributed by atoms with Gasteiger partial charge in [-0.05, 0) is 89.8 Å². The summed E-state index contributed by atoms with van der Waals surface area (Å²) in [5.41, 5.74) is 8.13. The Morgan fingerprint density at radius 3 is 2.27 bits per heavy atom. The van der Waals surface area contributed by atoms with Crippen LogP contribution in [0.3, 0.4) is 0 Å². The van der Waals surface area contributed by atoms with Crippen molar-refractivity contribution in [2.24, 2.45) is 17.6 Å². The van der Waals surface area contributed by atoms with Gasteiger partial charge in [0.1, 0.15) is 36.0 Å². The van der Waals surface area contributed by atoms with E-state index >= 15 is 4.79 Å². The fourth-order valence-electron chi connectivity index (χ4n) is 9.88. The topological polar surface area (TPSA) is 178 Å². The summed E-state index contributed by atoms with van der Waals surface area (Å²) in [7, 11) is 1.21. The first-order valence-electron chi connectivity index (χ1n) is 21.3. The Morgan fingerprint density at radius 1 is 0.905 bits per heavy atom. The number of allylic oxidation sites excluding steroid dienone is 2. The molecule has 1 aliphatic carbocycles. The molecule has 0 aromatic heterocycles. The number of imide groups is 1. The van der Waals surface area contributed by atoms with Crippen LogP contribution in [0.1, 0.15) is 85.5 Å². The third-order valence-corrected chi connectivity index (χ3v) is 12.6. The summed E-state index contributed by atoms with van der Waals surface area (Å²) in [6.45, 7) is 3.16. The number of aliphatic hydroxyl groups excluding tert-OH is 1. The van der Waals surface area contributed by atoms with Crippen molar-refractivity contribution in [3.8, 4) is 17.6 Å². The molecule has 4 aromatic carbocycles. The van der Waals surface area contributed by atoms with E-state index in [9.17, 15) is 24.3 Å². The standard InChI is InChI=1S/C50H50N4O9/c1-30(2)40(46(57)61-3)52-49(60)53-38-25-24-32(23-22-31-14-7-4-8-15-31)28-37(38)50(48(53)59)39(45(51)56)42-47(58)63-43(34-18-11-6-12-19-34)41(33-16-9-5-10-17-33)54(42)44(50)35-20-13-21-36(29-35)62-27-26-55/h5-6,9-14,16-21,24-25,28-30,39-44,55H,4,7-8,15,26-27H2,1-3H3,(H2,51,56)(H,52,60)/t39-,40+,41-,42-,43+,44+,50-/m1/s1. The van der Waals surface area contributed by atoms with Crippen LogP contribution in [-0.4, -0.2) is 72.2 Å². The van der Waals surface area contributed by atoms with E-state index in [0.29, 0.717) is 22.4 Å². The fourth-order valence-corrected chi connectivity index (χ4v) is 9.88. The maximum atomic E-state index is 16.2. The Bertz CT molecular complexity index is 2510. The average Bonchev–Trinajstić information content (AvgIpc) is 3.76. The van der Waals surface area contributed by atoms with Gasteiger partial charge in [0.15, 0.2) is 0 Å². The molecule has 63 heavy (non-hydrogen) atoms.